The molecule has 5 nitrogen and oxygen atoms in total. The summed E-state index contributed by atoms with van der Waals surface area (Å²) >= 11 is 9.91. The summed E-state index contributed by atoms with van der Waals surface area (Å²) in [5.41, 5.74) is 5.12. The first-order valence-corrected chi connectivity index (χ1v) is 11.6. The van der Waals surface area contributed by atoms with Crippen molar-refractivity contribution >= 4 is 45.3 Å². The van der Waals surface area contributed by atoms with Gasteiger partial charge in [0.2, 0.25) is 0 Å². The molecule has 0 radical (unpaired) electrons. The van der Waals surface area contributed by atoms with Gasteiger partial charge in [-0.15, -0.1) is 0 Å². The zero-order valence-corrected chi connectivity index (χ0v) is 20.6. The number of carbonyl (C=O) groups excluding carboxylic acids is 1. The van der Waals surface area contributed by atoms with E-state index in [0.717, 1.165) is 45.0 Å². The van der Waals surface area contributed by atoms with Crippen LogP contribution in [0.1, 0.15) is 56.1 Å². The van der Waals surface area contributed by atoms with Crippen molar-refractivity contribution in [3.63, 3.8) is 0 Å². The van der Waals surface area contributed by atoms with E-state index in [1.807, 2.05) is 39.1 Å². The second-order valence-corrected chi connectivity index (χ2v) is 10.4. The Morgan fingerprint density at radius 1 is 1.19 bits per heavy atom. The molecule has 1 aliphatic heterocycles. The van der Waals surface area contributed by atoms with Crippen LogP contribution in [0.5, 0.6) is 0 Å². The molecule has 7 heteroatoms. The van der Waals surface area contributed by atoms with Gasteiger partial charge in [0.1, 0.15) is 5.60 Å². The zero-order chi connectivity index (χ0) is 22.3. The highest BCUT2D eigenvalue weighted by Gasteiger charge is 2.34. The van der Waals surface area contributed by atoms with Crippen molar-refractivity contribution in [2.75, 3.05) is 26.2 Å². The summed E-state index contributed by atoms with van der Waals surface area (Å²) in [4.78, 5) is 21.5. The number of aromatic nitrogens is 1. The van der Waals surface area contributed by atoms with Gasteiger partial charge in [0.15, 0.2) is 0 Å². The smallest absolute Gasteiger partial charge is 0.410 e. The quantitative estimate of drug-likeness (QED) is 0.477. The third kappa shape index (κ3) is 4.81. The van der Waals surface area contributed by atoms with E-state index < -0.39 is 5.60 Å². The highest BCUT2D eigenvalue weighted by molar-refractivity contribution is 9.10. The molecular weight excluding hydrogens is 478 g/mol. The average molecular weight is 505 g/mol. The second kappa shape index (κ2) is 8.57. The van der Waals surface area contributed by atoms with Crippen molar-refractivity contribution in [2.24, 2.45) is 0 Å². The van der Waals surface area contributed by atoms with Crippen LogP contribution in [0.2, 0.25) is 5.02 Å². The molecule has 1 aromatic carbocycles. The van der Waals surface area contributed by atoms with Gasteiger partial charge in [0.05, 0.1) is 11.7 Å². The van der Waals surface area contributed by atoms with E-state index >= 15 is 0 Å². The van der Waals surface area contributed by atoms with E-state index in [1.165, 1.54) is 5.56 Å². The van der Waals surface area contributed by atoms with Crippen LogP contribution < -0.4 is 0 Å². The van der Waals surface area contributed by atoms with Crippen LogP contribution in [0.3, 0.4) is 0 Å². The Morgan fingerprint density at radius 3 is 2.58 bits per heavy atom. The molecule has 2 aliphatic rings. The summed E-state index contributed by atoms with van der Waals surface area (Å²) in [5.74, 6) is 0. The predicted molar refractivity (Wildman–Crippen MR) is 128 cm³/mol. The standard InChI is InChI=1S/C24H27BrClN3O2/c1-15-11-16-12-17(25)14-27-21(16)22(19-6-5-18(26)13-20(15)19)28-7-9-29(10-8-28)23(30)31-24(2,3)4/h5-6,11-14,22H,7-10H2,1-4H3. The molecule has 1 atom stereocenters. The van der Waals surface area contributed by atoms with Gasteiger partial charge in [-0.1, -0.05) is 17.7 Å². The molecule has 1 fully saturated rings. The van der Waals surface area contributed by atoms with E-state index in [0.29, 0.717) is 13.1 Å². The zero-order valence-electron chi connectivity index (χ0n) is 18.3. The molecule has 2 aromatic rings. The number of hydrogen-bond donors (Lipinski definition) is 0. The fourth-order valence-electron chi connectivity index (χ4n) is 4.24. The Kier molecular flexibility index (Phi) is 6.16. The van der Waals surface area contributed by atoms with Crippen LogP contribution in [0, 0.1) is 0 Å². The normalized spacial score (nSPS) is 19.2. The summed E-state index contributed by atoms with van der Waals surface area (Å²) in [6, 6.07) is 8.20. The molecule has 4 rings (SSSR count). The molecule has 1 aliphatic carbocycles. The SMILES string of the molecule is CC1=Cc2cc(Br)cnc2C(N2CCN(C(=O)OC(C)(C)C)CC2)c2ccc(Cl)cc21. The van der Waals surface area contributed by atoms with Crippen molar-refractivity contribution in [1.29, 1.82) is 0 Å². The number of pyridine rings is 1. The maximum atomic E-state index is 12.5. The largest absolute Gasteiger partial charge is 0.444 e. The molecule has 31 heavy (non-hydrogen) atoms. The summed E-state index contributed by atoms with van der Waals surface area (Å²) in [7, 11) is 0. The number of carbonyl (C=O) groups is 1. The Hall–Kier alpha value is -1.89. The molecular formula is C24H27BrClN3O2. The van der Waals surface area contributed by atoms with Crippen LogP contribution in [-0.4, -0.2) is 52.7 Å². The number of rotatable bonds is 1. The number of piperazine rings is 1. The highest BCUT2D eigenvalue weighted by Crippen LogP contribution is 2.40. The maximum Gasteiger partial charge on any atom is 0.410 e. The number of ether oxygens (including phenoxy) is 1. The van der Waals surface area contributed by atoms with Crippen molar-refractivity contribution in [1.82, 2.24) is 14.8 Å². The number of halogens is 2. The lowest BCUT2D eigenvalue weighted by molar-refractivity contribution is 0.0118. The molecule has 0 N–H and O–H groups in total. The van der Waals surface area contributed by atoms with E-state index in [2.05, 4.69) is 46.0 Å². The lowest BCUT2D eigenvalue weighted by Crippen LogP contribution is -2.51. The first-order valence-electron chi connectivity index (χ1n) is 10.5. The van der Waals surface area contributed by atoms with Crippen molar-refractivity contribution in [2.45, 2.75) is 39.3 Å². The summed E-state index contributed by atoms with van der Waals surface area (Å²) < 4.78 is 6.51. The number of benzene rings is 1. The number of amides is 1. The van der Waals surface area contributed by atoms with Crippen molar-refractivity contribution in [3.05, 3.63) is 62.3 Å². The molecule has 1 saturated heterocycles. The first-order chi connectivity index (χ1) is 14.6. The first kappa shape index (κ1) is 22.3. The van der Waals surface area contributed by atoms with Gasteiger partial charge < -0.3 is 9.64 Å². The van der Waals surface area contributed by atoms with Crippen LogP contribution in [0.15, 0.2) is 34.9 Å². The van der Waals surface area contributed by atoms with Crippen LogP contribution in [-0.2, 0) is 4.74 Å². The van der Waals surface area contributed by atoms with E-state index in [-0.39, 0.29) is 12.1 Å². The number of hydrogen-bond acceptors (Lipinski definition) is 4. The third-order valence-corrected chi connectivity index (χ3v) is 6.28. The van der Waals surface area contributed by atoms with Crippen LogP contribution >= 0.6 is 27.5 Å². The minimum absolute atomic E-state index is 0.00940. The summed E-state index contributed by atoms with van der Waals surface area (Å²) in [6.45, 7) is 10.5. The van der Waals surface area contributed by atoms with Gasteiger partial charge in [-0.2, -0.15) is 0 Å². The van der Waals surface area contributed by atoms with Crippen LogP contribution in [0.25, 0.3) is 11.6 Å². The Morgan fingerprint density at radius 2 is 1.90 bits per heavy atom. The van der Waals surface area contributed by atoms with Crippen LogP contribution in [0.4, 0.5) is 4.79 Å². The predicted octanol–water partition coefficient (Wildman–Crippen LogP) is 6.01. The minimum atomic E-state index is -0.493. The number of fused-ring (bicyclic) bond motifs is 2. The van der Waals surface area contributed by atoms with E-state index in [1.54, 1.807) is 4.90 Å². The van der Waals surface area contributed by atoms with Gasteiger partial charge >= 0.3 is 6.09 Å². The van der Waals surface area contributed by atoms with Gasteiger partial charge in [0.25, 0.3) is 0 Å². The van der Waals surface area contributed by atoms with E-state index in [9.17, 15) is 4.79 Å². The summed E-state index contributed by atoms with van der Waals surface area (Å²) in [6.07, 6.45) is 3.78. The number of allylic oxidation sites excluding steroid dienone is 1. The molecule has 164 valence electrons. The topological polar surface area (TPSA) is 45.7 Å². The van der Waals surface area contributed by atoms with Gasteiger partial charge in [-0.25, -0.2) is 4.79 Å². The molecule has 0 saturated carbocycles. The van der Waals surface area contributed by atoms with Crippen molar-refractivity contribution in [3.8, 4) is 0 Å². The highest BCUT2D eigenvalue weighted by atomic mass is 79.9. The van der Waals surface area contributed by atoms with Crippen molar-refractivity contribution < 1.29 is 9.53 Å². The fraction of sp³-hybridized carbons (Fsp3) is 0.417. The lowest BCUT2D eigenvalue weighted by atomic mass is 9.94. The molecule has 1 unspecified atom stereocenters. The molecule has 2 heterocycles. The number of nitrogens with zero attached hydrogens (tertiary/aromatic N) is 3. The summed E-state index contributed by atoms with van der Waals surface area (Å²) in [5, 5.41) is 0.722. The van der Waals surface area contributed by atoms with Gasteiger partial charge in [-0.05, 0) is 90.2 Å². The Balaban J connectivity index is 1.67. The van der Waals surface area contributed by atoms with Gasteiger partial charge in [-0.3, -0.25) is 9.88 Å². The fourth-order valence-corrected chi connectivity index (χ4v) is 4.76. The maximum absolute atomic E-state index is 12.5. The monoisotopic (exact) mass is 503 g/mol. The molecule has 1 aromatic heterocycles. The van der Waals surface area contributed by atoms with E-state index in [4.69, 9.17) is 21.3 Å². The second-order valence-electron chi connectivity index (χ2n) is 9.09. The molecule has 0 spiro atoms. The molecule has 0 bridgehead atoms. The molecule has 1 amide bonds. The minimum Gasteiger partial charge on any atom is -0.444 e. The average Bonchev–Trinajstić information content (AvgIpc) is 2.80. The third-order valence-electron chi connectivity index (χ3n) is 5.61. The Bertz CT molecular complexity index is 1040. The Labute approximate surface area is 197 Å². The lowest BCUT2D eigenvalue weighted by Gasteiger charge is -2.40. The van der Waals surface area contributed by atoms with Gasteiger partial charge in [0, 0.05) is 41.9 Å².